The van der Waals surface area contributed by atoms with E-state index in [0.717, 1.165) is 23.1 Å². The van der Waals surface area contributed by atoms with E-state index in [1.165, 1.54) is 5.56 Å². The van der Waals surface area contributed by atoms with Gasteiger partial charge in [-0.15, -0.1) is 0 Å². The smallest absolute Gasteiger partial charge is 0.203 e. The number of benzene rings is 2. The second kappa shape index (κ2) is 8.94. The van der Waals surface area contributed by atoms with Crippen molar-refractivity contribution in [2.45, 2.75) is 19.4 Å². The highest BCUT2D eigenvalue weighted by molar-refractivity contribution is 9.10. The van der Waals surface area contributed by atoms with Gasteiger partial charge in [0.05, 0.1) is 21.3 Å². The van der Waals surface area contributed by atoms with Crippen molar-refractivity contribution in [1.82, 2.24) is 5.32 Å². The third kappa shape index (κ3) is 4.65. The highest BCUT2D eigenvalue weighted by Gasteiger charge is 2.13. The molecule has 0 aliphatic rings. The van der Waals surface area contributed by atoms with Crippen molar-refractivity contribution in [3.05, 3.63) is 52.0 Å². The first kappa shape index (κ1) is 18.6. The summed E-state index contributed by atoms with van der Waals surface area (Å²) in [5.41, 5.74) is 2.40. The molecule has 24 heavy (non-hydrogen) atoms. The summed E-state index contributed by atoms with van der Waals surface area (Å²) in [7, 11) is 4.87. The Balaban J connectivity index is 2.01. The van der Waals surface area contributed by atoms with E-state index >= 15 is 0 Å². The van der Waals surface area contributed by atoms with E-state index in [2.05, 4.69) is 46.4 Å². The lowest BCUT2D eigenvalue weighted by Gasteiger charge is -2.16. The third-order valence-corrected chi connectivity index (χ3v) is 4.42. The number of ether oxygens (including phenoxy) is 3. The first-order valence-corrected chi connectivity index (χ1v) is 8.63. The van der Waals surface area contributed by atoms with Crippen LogP contribution in [-0.2, 0) is 6.54 Å². The molecule has 0 heterocycles. The molecular formula is C19H24BrNO3. The van der Waals surface area contributed by atoms with Crippen molar-refractivity contribution in [2.75, 3.05) is 27.9 Å². The van der Waals surface area contributed by atoms with Gasteiger partial charge in [0.2, 0.25) is 5.75 Å². The van der Waals surface area contributed by atoms with Crippen LogP contribution in [0.1, 0.15) is 24.0 Å². The Labute approximate surface area is 152 Å². The standard InChI is InChI=1S/C19H24BrNO3/c1-13(15-6-5-7-16(20)10-15)11-21-12-14-8-17(22-2)19(24-4)18(9-14)23-3/h5-10,13,21H,11-12H2,1-4H3. The minimum atomic E-state index is 0.421. The number of hydrogen-bond donors (Lipinski definition) is 1. The monoisotopic (exact) mass is 393 g/mol. The lowest BCUT2D eigenvalue weighted by Crippen LogP contribution is -2.19. The molecule has 0 bridgehead atoms. The van der Waals surface area contributed by atoms with Crippen molar-refractivity contribution in [3.8, 4) is 17.2 Å². The summed E-state index contributed by atoms with van der Waals surface area (Å²) in [6, 6.07) is 12.4. The van der Waals surface area contributed by atoms with Crippen LogP contribution in [0.25, 0.3) is 0 Å². The largest absolute Gasteiger partial charge is 0.493 e. The maximum Gasteiger partial charge on any atom is 0.203 e. The molecule has 0 saturated heterocycles. The number of halogens is 1. The number of hydrogen-bond acceptors (Lipinski definition) is 4. The van der Waals surface area contributed by atoms with Crippen molar-refractivity contribution in [3.63, 3.8) is 0 Å². The molecule has 130 valence electrons. The van der Waals surface area contributed by atoms with Crippen LogP contribution >= 0.6 is 15.9 Å². The first-order valence-electron chi connectivity index (χ1n) is 7.84. The molecule has 0 fully saturated rings. The van der Waals surface area contributed by atoms with Gasteiger partial charge >= 0.3 is 0 Å². The Hall–Kier alpha value is -1.72. The van der Waals surface area contributed by atoms with Crippen LogP contribution in [0.5, 0.6) is 17.2 Å². The summed E-state index contributed by atoms with van der Waals surface area (Å²) >= 11 is 3.52. The minimum Gasteiger partial charge on any atom is -0.493 e. The Kier molecular flexibility index (Phi) is 6.94. The molecule has 2 aromatic rings. The lowest BCUT2D eigenvalue weighted by atomic mass is 10.0. The van der Waals surface area contributed by atoms with Gasteiger partial charge in [-0.1, -0.05) is 35.0 Å². The van der Waals surface area contributed by atoms with E-state index in [-0.39, 0.29) is 0 Å². The molecule has 5 heteroatoms. The molecule has 0 aliphatic heterocycles. The molecule has 0 amide bonds. The van der Waals surface area contributed by atoms with Gasteiger partial charge in [0, 0.05) is 17.6 Å². The quantitative estimate of drug-likeness (QED) is 0.722. The molecule has 0 spiro atoms. The van der Waals surface area contributed by atoms with Crippen LogP contribution in [0.3, 0.4) is 0 Å². The van der Waals surface area contributed by atoms with E-state index in [9.17, 15) is 0 Å². The molecule has 0 saturated carbocycles. The van der Waals surface area contributed by atoms with E-state index in [0.29, 0.717) is 23.2 Å². The van der Waals surface area contributed by atoms with Crippen LogP contribution in [0.15, 0.2) is 40.9 Å². The molecule has 0 aliphatic carbocycles. The number of rotatable bonds is 8. The fourth-order valence-electron chi connectivity index (χ4n) is 2.60. The highest BCUT2D eigenvalue weighted by atomic mass is 79.9. The molecule has 0 radical (unpaired) electrons. The summed E-state index contributed by atoms with van der Waals surface area (Å²) < 4.78 is 17.2. The Morgan fingerprint density at radius 3 is 2.21 bits per heavy atom. The maximum absolute atomic E-state index is 5.39. The van der Waals surface area contributed by atoms with Crippen LogP contribution < -0.4 is 19.5 Å². The molecule has 1 unspecified atom stereocenters. The predicted molar refractivity (Wildman–Crippen MR) is 100 cm³/mol. The maximum atomic E-state index is 5.39. The fraction of sp³-hybridized carbons (Fsp3) is 0.368. The van der Waals surface area contributed by atoms with Crippen LogP contribution in [0.4, 0.5) is 0 Å². The van der Waals surface area contributed by atoms with E-state index in [4.69, 9.17) is 14.2 Å². The van der Waals surface area contributed by atoms with Gasteiger partial charge < -0.3 is 19.5 Å². The molecule has 1 N–H and O–H groups in total. The average Bonchev–Trinajstić information content (AvgIpc) is 2.60. The second-order valence-electron chi connectivity index (χ2n) is 5.62. The van der Waals surface area contributed by atoms with Gasteiger partial charge in [-0.05, 0) is 41.3 Å². The lowest BCUT2D eigenvalue weighted by molar-refractivity contribution is 0.323. The van der Waals surface area contributed by atoms with Gasteiger partial charge in [0.15, 0.2) is 11.5 Å². The Morgan fingerprint density at radius 1 is 1.00 bits per heavy atom. The van der Waals surface area contributed by atoms with E-state index in [1.807, 2.05) is 18.2 Å². The number of nitrogens with one attached hydrogen (secondary N) is 1. The molecular weight excluding hydrogens is 370 g/mol. The molecule has 0 aromatic heterocycles. The van der Waals surface area contributed by atoms with Gasteiger partial charge in [-0.25, -0.2) is 0 Å². The van der Waals surface area contributed by atoms with Crippen LogP contribution in [0, 0.1) is 0 Å². The van der Waals surface area contributed by atoms with Gasteiger partial charge in [-0.2, -0.15) is 0 Å². The fourth-order valence-corrected chi connectivity index (χ4v) is 3.02. The third-order valence-electron chi connectivity index (χ3n) is 3.92. The minimum absolute atomic E-state index is 0.421. The molecule has 2 rings (SSSR count). The average molecular weight is 394 g/mol. The zero-order chi connectivity index (χ0) is 17.5. The Morgan fingerprint density at radius 2 is 1.67 bits per heavy atom. The summed E-state index contributed by atoms with van der Waals surface area (Å²) in [6.45, 7) is 3.83. The van der Waals surface area contributed by atoms with Crippen molar-refractivity contribution < 1.29 is 14.2 Å². The zero-order valence-corrected chi connectivity index (χ0v) is 16.1. The summed E-state index contributed by atoms with van der Waals surface area (Å²) in [6.07, 6.45) is 0. The normalized spacial score (nSPS) is 11.9. The number of methoxy groups -OCH3 is 3. The van der Waals surface area contributed by atoms with Gasteiger partial charge in [-0.3, -0.25) is 0 Å². The summed E-state index contributed by atoms with van der Waals surface area (Å²) in [4.78, 5) is 0. The highest BCUT2D eigenvalue weighted by Crippen LogP contribution is 2.38. The van der Waals surface area contributed by atoms with Crippen molar-refractivity contribution in [2.24, 2.45) is 0 Å². The van der Waals surface area contributed by atoms with Crippen molar-refractivity contribution in [1.29, 1.82) is 0 Å². The molecule has 1 atom stereocenters. The molecule has 2 aromatic carbocycles. The van der Waals surface area contributed by atoms with E-state index < -0.39 is 0 Å². The SMILES string of the molecule is COc1cc(CNCC(C)c2cccc(Br)c2)cc(OC)c1OC. The Bertz CT molecular complexity index is 650. The molecule has 4 nitrogen and oxygen atoms in total. The van der Waals surface area contributed by atoms with E-state index in [1.54, 1.807) is 21.3 Å². The zero-order valence-electron chi connectivity index (χ0n) is 14.6. The van der Waals surface area contributed by atoms with Crippen molar-refractivity contribution >= 4 is 15.9 Å². The van der Waals surface area contributed by atoms with Crippen LogP contribution in [0.2, 0.25) is 0 Å². The predicted octanol–water partition coefficient (Wildman–Crippen LogP) is 4.37. The first-order chi connectivity index (χ1) is 11.6. The topological polar surface area (TPSA) is 39.7 Å². The van der Waals surface area contributed by atoms with Gasteiger partial charge in [0.25, 0.3) is 0 Å². The summed E-state index contributed by atoms with van der Waals surface area (Å²) in [5.74, 6) is 2.39. The van der Waals surface area contributed by atoms with Gasteiger partial charge in [0.1, 0.15) is 0 Å². The summed E-state index contributed by atoms with van der Waals surface area (Å²) in [5, 5.41) is 3.49. The van der Waals surface area contributed by atoms with Crippen LogP contribution in [-0.4, -0.2) is 27.9 Å². The second-order valence-corrected chi connectivity index (χ2v) is 6.54.